The molecule has 0 aliphatic heterocycles. The molecule has 0 fully saturated rings. The Bertz CT molecular complexity index is 379. The molecule has 0 saturated heterocycles. The topological polar surface area (TPSA) is 60.2 Å². The van der Waals surface area contributed by atoms with Crippen molar-refractivity contribution in [2.24, 2.45) is 5.73 Å². The predicted molar refractivity (Wildman–Crippen MR) is 69.7 cm³/mol. The first-order valence-corrected chi connectivity index (χ1v) is 5.39. The molecule has 4 nitrogen and oxygen atoms in total. The first kappa shape index (κ1) is 12.9. The highest BCUT2D eigenvalue weighted by molar-refractivity contribution is 7.80. The van der Waals surface area contributed by atoms with Gasteiger partial charge >= 0.3 is 0 Å². The molecule has 0 aliphatic carbocycles. The summed E-state index contributed by atoms with van der Waals surface area (Å²) in [6.45, 7) is 4.65. The summed E-state index contributed by atoms with van der Waals surface area (Å²) in [5, 5.41) is 3.31. The summed E-state index contributed by atoms with van der Waals surface area (Å²) in [7, 11) is 1.67. The average Bonchev–Trinajstić information content (AvgIpc) is 2.17. The van der Waals surface area contributed by atoms with Crippen LogP contribution in [0.2, 0.25) is 0 Å². The van der Waals surface area contributed by atoms with Gasteiger partial charge in [0.2, 0.25) is 0 Å². The van der Waals surface area contributed by atoms with Gasteiger partial charge in [0.25, 0.3) is 0 Å². The molecule has 1 heterocycles. The molecule has 0 radical (unpaired) electrons. The molecule has 1 rings (SSSR count). The zero-order chi connectivity index (χ0) is 12.2. The van der Waals surface area contributed by atoms with E-state index in [-0.39, 0.29) is 10.5 Å². The minimum Gasteiger partial charge on any atom is -0.388 e. The quantitative estimate of drug-likeness (QED) is 0.763. The monoisotopic (exact) mass is 239 g/mol. The lowest BCUT2D eigenvalue weighted by atomic mass is 10.1. The number of methoxy groups -OCH3 is 1. The molecule has 0 amide bonds. The minimum absolute atomic E-state index is 0.197. The van der Waals surface area contributed by atoms with Crippen molar-refractivity contribution in [3.05, 3.63) is 24.0 Å². The summed E-state index contributed by atoms with van der Waals surface area (Å²) in [5.74, 6) is 0. The normalized spacial score (nSPS) is 11.2. The number of ether oxygens (including phenoxy) is 1. The molecule has 0 saturated carbocycles. The van der Waals surface area contributed by atoms with E-state index in [0.29, 0.717) is 12.3 Å². The van der Waals surface area contributed by atoms with Crippen molar-refractivity contribution in [3.63, 3.8) is 0 Å². The van der Waals surface area contributed by atoms with Crippen LogP contribution in [-0.2, 0) is 4.74 Å². The fourth-order valence-electron chi connectivity index (χ4n) is 1.46. The van der Waals surface area contributed by atoms with Gasteiger partial charge in [-0.05, 0) is 26.0 Å². The standard InChI is InChI=1S/C11H17N3OS/c1-11(2,7-15-3)14-8-5-4-6-13-9(8)10(12)16/h4-6,14H,7H2,1-3H3,(H2,12,16). The molecule has 16 heavy (non-hydrogen) atoms. The third-order valence-electron chi connectivity index (χ3n) is 2.02. The van der Waals surface area contributed by atoms with E-state index in [2.05, 4.69) is 10.3 Å². The SMILES string of the molecule is COCC(C)(C)Nc1cccnc1C(N)=S. The van der Waals surface area contributed by atoms with Crippen LogP contribution in [0, 0.1) is 0 Å². The lowest BCUT2D eigenvalue weighted by Gasteiger charge is -2.27. The van der Waals surface area contributed by atoms with Gasteiger partial charge in [0.05, 0.1) is 17.8 Å². The number of pyridine rings is 1. The first-order valence-electron chi connectivity index (χ1n) is 4.98. The molecule has 0 bridgehead atoms. The first-order chi connectivity index (χ1) is 7.46. The Hall–Kier alpha value is -1.20. The van der Waals surface area contributed by atoms with Gasteiger partial charge < -0.3 is 15.8 Å². The number of rotatable bonds is 5. The van der Waals surface area contributed by atoms with Gasteiger partial charge in [-0.2, -0.15) is 0 Å². The Balaban J connectivity index is 2.92. The van der Waals surface area contributed by atoms with Gasteiger partial charge in [0.15, 0.2) is 0 Å². The van der Waals surface area contributed by atoms with Crippen molar-refractivity contribution in [2.75, 3.05) is 19.0 Å². The minimum atomic E-state index is -0.197. The smallest absolute Gasteiger partial charge is 0.124 e. The predicted octanol–water partition coefficient (Wildman–Crippen LogP) is 1.55. The summed E-state index contributed by atoms with van der Waals surface area (Å²) in [5.41, 5.74) is 6.85. The Kier molecular flexibility index (Phi) is 4.20. The summed E-state index contributed by atoms with van der Waals surface area (Å²) in [6.07, 6.45) is 1.67. The van der Waals surface area contributed by atoms with Crippen molar-refractivity contribution in [2.45, 2.75) is 19.4 Å². The van der Waals surface area contributed by atoms with E-state index >= 15 is 0 Å². The van der Waals surface area contributed by atoms with Crippen LogP contribution in [0.1, 0.15) is 19.5 Å². The van der Waals surface area contributed by atoms with Crippen LogP contribution < -0.4 is 11.1 Å². The molecule has 0 unspecified atom stereocenters. The number of aromatic nitrogens is 1. The van der Waals surface area contributed by atoms with Gasteiger partial charge in [0.1, 0.15) is 10.7 Å². The van der Waals surface area contributed by atoms with Crippen molar-refractivity contribution in [1.82, 2.24) is 4.98 Å². The van der Waals surface area contributed by atoms with E-state index in [1.54, 1.807) is 13.3 Å². The van der Waals surface area contributed by atoms with E-state index in [1.807, 2.05) is 26.0 Å². The van der Waals surface area contributed by atoms with E-state index in [4.69, 9.17) is 22.7 Å². The molecule has 88 valence electrons. The van der Waals surface area contributed by atoms with Crippen LogP contribution in [0.4, 0.5) is 5.69 Å². The molecule has 0 aromatic carbocycles. The Labute approximate surface area is 101 Å². The lowest BCUT2D eigenvalue weighted by molar-refractivity contribution is 0.158. The van der Waals surface area contributed by atoms with E-state index in [1.165, 1.54) is 0 Å². The van der Waals surface area contributed by atoms with Gasteiger partial charge in [-0.15, -0.1) is 0 Å². The summed E-state index contributed by atoms with van der Waals surface area (Å²) >= 11 is 4.95. The van der Waals surface area contributed by atoms with E-state index in [9.17, 15) is 0 Å². The number of nitrogens with two attached hydrogens (primary N) is 1. The number of hydrogen-bond donors (Lipinski definition) is 2. The zero-order valence-corrected chi connectivity index (χ0v) is 10.6. The van der Waals surface area contributed by atoms with Gasteiger partial charge in [-0.25, -0.2) is 0 Å². The Morgan fingerprint density at radius 3 is 2.88 bits per heavy atom. The number of anilines is 1. The fourth-order valence-corrected chi connectivity index (χ4v) is 1.63. The summed E-state index contributed by atoms with van der Waals surface area (Å²) < 4.78 is 5.13. The number of thiocarbonyl (C=S) groups is 1. The zero-order valence-electron chi connectivity index (χ0n) is 9.78. The van der Waals surface area contributed by atoms with E-state index in [0.717, 1.165) is 5.69 Å². The molecule has 5 heteroatoms. The summed E-state index contributed by atoms with van der Waals surface area (Å²) in [4.78, 5) is 4.44. The number of nitrogens with one attached hydrogen (secondary N) is 1. The molecule has 0 spiro atoms. The van der Waals surface area contributed by atoms with E-state index < -0.39 is 0 Å². The largest absolute Gasteiger partial charge is 0.388 e. The van der Waals surface area contributed by atoms with Crippen LogP contribution in [0.3, 0.4) is 0 Å². The van der Waals surface area contributed by atoms with Crippen molar-refractivity contribution in [3.8, 4) is 0 Å². The molecule has 0 aliphatic rings. The Morgan fingerprint density at radius 1 is 1.62 bits per heavy atom. The highest BCUT2D eigenvalue weighted by Gasteiger charge is 2.19. The second-order valence-corrected chi connectivity index (χ2v) is 4.65. The number of nitrogens with zero attached hydrogens (tertiary/aromatic N) is 1. The van der Waals surface area contributed by atoms with Crippen LogP contribution in [0.25, 0.3) is 0 Å². The van der Waals surface area contributed by atoms with Gasteiger partial charge in [-0.1, -0.05) is 12.2 Å². The maximum atomic E-state index is 5.61. The van der Waals surface area contributed by atoms with Crippen LogP contribution in [0.5, 0.6) is 0 Å². The van der Waals surface area contributed by atoms with Crippen LogP contribution in [0.15, 0.2) is 18.3 Å². The fraction of sp³-hybridized carbons (Fsp3) is 0.455. The molecule has 1 aromatic rings. The van der Waals surface area contributed by atoms with Gasteiger partial charge in [-0.3, -0.25) is 4.98 Å². The van der Waals surface area contributed by atoms with Crippen LogP contribution in [-0.4, -0.2) is 29.2 Å². The maximum Gasteiger partial charge on any atom is 0.124 e. The lowest BCUT2D eigenvalue weighted by Crippen LogP contribution is -2.36. The second kappa shape index (κ2) is 5.23. The molecular weight excluding hydrogens is 222 g/mol. The average molecular weight is 239 g/mol. The molecule has 0 atom stereocenters. The van der Waals surface area contributed by atoms with Crippen molar-refractivity contribution >= 4 is 22.9 Å². The highest BCUT2D eigenvalue weighted by Crippen LogP contribution is 2.18. The molecule has 3 N–H and O–H groups in total. The van der Waals surface area contributed by atoms with Crippen molar-refractivity contribution < 1.29 is 4.74 Å². The molecule has 1 aromatic heterocycles. The Morgan fingerprint density at radius 2 is 2.31 bits per heavy atom. The highest BCUT2D eigenvalue weighted by atomic mass is 32.1. The van der Waals surface area contributed by atoms with Crippen molar-refractivity contribution in [1.29, 1.82) is 0 Å². The number of hydrogen-bond acceptors (Lipinski definition) is 4. The van der Waals surface area contributed by atoms with Gasteiger partial charge in [0, 0.05) is 13.3 Å². The molecular formula is C11H17N3OS. The van der Waals surface area contributed by atoms with Crippen LogP contribution >= 0.6 is 12.2 Å². The third kappa shape index (κ3) is 3.43. The summed E-state index contributed by atoms with van der Waals surface area (Å²) in [6, 6.07) is 3.74. The third-order valence-corrected chi connectivity index (χ3v) is 2.21. The second-order valence-electron chi connectivity index (χ2n) is 4.21. The maximum absolute atomic E-state index is 5.61.